The predicted octanol–water partition coefficient (Wildman–Crippen LogP) is 3.36. The second-order valence-corrected chi connectivity index (χ2v) is 3.97. The molecule has 0 fully saturated rings. The average molecular weight is 249 g/mol. The molecule has 0 amide bonds. The highest BCUT2D eigenvalue weighted by atomic mass is 35.5. The van der Waals surface area contributed by atoms with Gasteiger partial charge in [-0.25, -0.2) is 0 Å². The van der Waals surface area contributed by atoms with Crippen molar-refractivity contribution < 1.29 is 4.74 Å². The Morgan fingerprint density at radius 1 is 1.35 bits per heavy atom. The number of pyridine rings is 1. The van der Waals surface area contributed by atoms with Crippen molar-refractivity contribution in [2.24, 2.45) is 0 Å². The molecule has 0 radical (unpaired) electrons. The van der Waals surface area contributed by atoms with Crippen LogP contribution in [0.15, 0.2) is 42.7 Å². The van der Waals surface area contributed by atoms with Gasteiger partial charge in [0.25, 0.3) is 0 Å². The highest BCUT2D eigenvalue weighted by molar-refractivity contribution is 6.33. The van der Waals surface area contributed by atoms with E-state index in [0.29, 0.717) is 11.6 Å². The number of rotatable bonds is 4. The largest absolute Gasteiger partial charge is 0.497 e. The first-order valence-electron chi connectivity index (χ1n) is 5.26. The van der Waals surface area contributed by atoms with Crippen LogP contribution in [0.25, 0.3) is 0 Å². The van der Waals surface area contributed by atoms with Crippen molar-refractivity contribution in [3.8, 4) is 5.75 Å². The van der Waals surface area contributed by atoms with Crippen LogP contribution >= 0.6 is 11.6 Å². The van der Waals surface area contributed by atoms with E-state index in [-0.39, 0.29) is 0 Å². The molecule has 4 heteroatoms. The normalized spacial score (nSPS) is 10.0. The van der Waals surface area contributed by atoms with Gasteiger partial charge in [-0.3, -0.25) is 4.98 Å². The lowest BCUT2D eigenvalue weighted by Gasteiger charge is -2.09. The second-order valence-electron chi connectivity index (χ2n) is 3.56. The number of methoxy groups -OCH3 is 1. The second kappa shape index (κ2) is 5.55. The van der Waals surface area contributed by atoms with Crippen LogP contribution in [-0.4, -0.2) is 12.1 Å². The van der Waals surface area contributed by atoms with Gasteiger partial charge in [-0.1, -0.05) is 17.7 Å². The molecule has 1 heterocycles. The summed E-state index contributed by atoms with van der Waals surface area (Å²) in [6.07, 6.45) is 3.57. The molecule has 1 N–H and O–H groups in total. The standard InChI is InChI=1S/C13H13ClN2O/c1-17-11-4-5-12(14)13(7-11)16-9-10-3-2-6-15-8-10/h2-8,16H,9H2,1H3. The van der Waals surface area contributed by atoms with E-state index in [1.807, 2.05) is 36.5 Å². The van der Waals surface area contributed by atoms with Crippen LogP contribution in [0.1, 0.15) is 5.56 Å². The lowest BCUT2D eigenvalue weighted by molar-refractivity contribution is 0.415. The maximum atomic E-state index is 6.09. The number of halogens is 1. The van der Waals surface area contributed by atoms with E-state index in [4.69, 9.17) is 16.3 Å². The molecule has 0 saturated carbocycles. The summed E-state index contributed by atoms with van der Waals surface area (Å²) in [5, 5.41) is 3.93. The minimum Gasteiger partial charge on any atom is -0.497 e. The summed E-state index contributed by atoms with van der Waals surface area (Å²) < 4.78 is 5.15. The van der Waals surface area contributed by atoms with Crippen molar-refractivity contribution in [1.82, 2.24) is 4.98 Å². The van der Waals surface area contributed by atoms with Crippen molar-refractivity contribution in [2.75, 3.05) is 12.4 Å². The molecule has 17 heavy (non-hydrogen) atoms. The van der Waals surface area contributed by atoms with Gasteiger partial charge in [0, 0.05) is 25.0 Å². The summed E-state index contributed by atoms with van der Waals surface area (Å²) in [5.74, 6) is 0.781. The number of nitrogens with zero attached hydrogens (tertiary/aromatic N) is 1. The first-order chi connectivity index (χ1) is 8.29. The van der Waals surface area contributed by atoms with Crippen LogP contribution < -0.4 is 10.1 Å². The fourth-order valence-corrected chi connectivity index (χ4v) is 1.65. The molecule has 1 aromatic carbocycles. The molecule has 2 aromatic rings. The molecule has 0 aliphatic heterocycles. The fraction of sp³-hybridized carbons (Fsp3) is 0.154. The zero-order chi connectivity index (χ0) is 12.1. The Hall–Kier alpha value is -1.74. The Bertz CT molecular complexity index is 488. The Labute approximate surface area is 105 Å². The summed E-state index contributed by atoms with van der Waals surface area (Å²) in [7, 11) is 1.63. The fourth-order valence-electron chi connectivity index (χ4n) is 1.47. The Morgan fingerprint density at radius 3 is 2.94 bits per heavy atom. The van der Waals surface area contributed by atoms with Crippen molar-refractivity contribution in [2.45, 2.75) is 6.54 Å². The molecule has 88 valence electrons. The van der Waals surface area contributed by atoms with Crippen molar-refractivity contribution >= 4 is 17.3 Å². The Kier molecular flexibility index (Phi) is 3.83. The van der Waals surface area contributed by atoms with Gasteiger partial charge in [-0.05, 0) is 23.8 Å². The van der Waals surface area contributed by atoms with E-state index in [2.05, 4.69) is 10.3 Å². The van der Waals surface area contributed by atoms with Gasteiger partial charge in [-0.2, -0.15) is 0 Å². The SMILES string of the molecule is COc1ccc(Cl)c(NCc2cccnc2)c1. The lowest BCUT2D eigenvalue weighted by Crippen LogP contribution is -2.00. The van der Waals surface area contributed by atoms with Gasteiger partial charge in [0.1, 0.15) is 5.75 Å². The predicted molar refractivity (Wildman–Crippen MR) is 69.6 cm³/mol. The Balaban J connectivity index is 2.08. The lowest BCUT2D eigenvalue weighted by atomic mass is 10.2. The number of nitrogens with one attached hydrogen (secondary N) is 1. The number of hydrogen-bond donors (Lipinski definition) is 1. The van der Waals surface area contributed by atoms with Gasteiger partial charge in [-0.15, -0.1) is 0 Å². The number of hydrogen-bond acceptors (Lipinski definition) is 3. The quantitative estimate of drug-likeness (QED) is 0.901. The molecule has 0 aliphatic rings. The molecular weight excluding hydrogens is 236 g/mol. The van der Waals surface area contributed by atoms with Gasteiger partial charge in [0.2, 0.25) is 0 Å². The van der Waals surface area contributed by atoms with E-state index in [1.165, 1.54) is 0 Å². The minimum absolute atomic E-state index is 0.676. The maximum absolute atomic E-state index is 6.09. The summed E-state index contributed by atoms with van der Waals surface area (Å²) in [6, 6.07) is 9.43. The molecule has 0 atom stereocenters. The molecule has 3 nitrogen and oxygen atoms in total. The molecular formula is C13H13ClN2O. The minimum atomic E-state index is 0.676. The number of benzene rings is 1. The first-order valence-corrected chi connectivity index (χ1v) is 5.63. The Morgan fingerprint density at radius 2 is 2.24 bits per heavy atom. The van der Waals surface area contributed by atoms with Crippen LogP contribution in [0.2, 0.25) is 5.02 Å². The van der Waals surface area contributed by atoms with Crippen LogP contribution in [0, 0.1) is 0 Å². The zero-order valence-electron chi connectivity index (χ0n) is 9.48. The number of aromatic nitrogens is 1. The van der Waals surface area contributed by atoms with Gasteiger partial charge in [0.05, 0.1) is 17.8 Å². The summed E-state index contributed by atoms with van der Waals surface area (Å²) >= 11 is 6.09. The van der Waals surface area contributed by atoms with Crippen LogP contribution in [0.4, 0.5) is 5.69 Å². The summed E-state index contributed by atoms with van der Waals surface area (Å²) in [6.45, 7) is 0.681. The van der Waals surface area contributed by atoms with Gasteiger partial charge < -0.3 is 10.1 Å². The third-order valence-electron chi connectivity index (χ3n) is 2.38. The highest BCUT2D eigenvalue weighted by Crippen LogP contribution is 2.26. The number of ether oxygens (including phenoxy) is 1. The van der Waals surface area contributed by atoms with E-state index in [1.54, 1.807) is 13.3 Å². The van der Waals surface area contributed by atoms with E-state index < -0.39 is 0 Å². The van der Waals surface area contributed by atoms with E-state index in [9.17, 15) is 0 Å². The van der Waals surface area contributed by atoms with Crippen LogP contribution in [0.3, 0.4) is 0 Å². The topological polar surface area (TPSA) is 34.1 Å². The molecule has 1 aromatic heterocycles. The zero-order valence-corrected chi connectivity index (χ0v) is 10.2. The smallest absolute Gasteiger partial charge is 0.121 e. The van der Waals surface area contributed by atoms with E-state index in [0.717, 1.165) is 17.0 Å². The van der Waals surface area contributed by atoms with Crippen molar-refractivity contribution in [1.29, 1.82) is 0 Å². The molecule has 0 saturated heterocycles. The molecule has 2 rings (SSSR count). The van der Waals surface area contributed by atoms with Gasteiger partial charge >= 0.3 is 0 Å². The number of anilines is 1. The summed E-state index contributed by atoms with van der Waals surface area (Å²) in [5.41, 5.74) is 1.96. The molecule has 0 spiro atoms. The van der Waals surface area contributed by atoms with Crippen LogP contribution in [0.5, 0.6) is 5.75 Å². The first kappa shape index (κ1) is 11.7. The molecule has 0 unspecified atom stereocenters. The maximum Gasteiger partial charge on any atom is 0.121 e. The van der Waals surface area contributed by atoms with E-state index >= 15 is 0 Å². The van der Waals surface area contributed by atoms with Crippen molar-refractivity contribution in [3.05, 3.63) is 53.3 Å². The summed E-state index contributed by atoms with van der Waals surface area (Å²) in [4.78, 5) is 4.06. The molecule has 0 aliphatic carbocycles. The van der Waals surface area contributed by atoms with Crippen LogP contribution in [-0.2, 0) is 6.54 Å². The average Bonchev–Trinajstić information content (AvgIpc) is 2.39. The third-order valence-corrected chi connectivity index (χ3v) is 2.71. The third kappa shape index (κ3) is 3.11. The monoisotopic (exact) mass is 248 g/mol. The van der Waals surface area contributed by atoms with Crippen molar-refractivity contribution in [3.63, 3.8) is 0 Å². The molecule has 0 bridgehead atoms. The highest BCUT2D eigenvalue weighted by Gasteiger charge is 2.02. The van der Waals surface area contributed by atoms with Gasteiger partial charge in [0.15, 0.2) is 0 Å².